The third-order valence-corrected chi connectivity index (χ3v) is 4.40. The number of benzene rings is 2. The van der Waals surface area contributed by atoms with Crippen molar-refractivity contribution in [2.24, 2.45) is 0 Å². The number of amides is 2. The normalized spacial score (nSPS) is 11.4. The summed E-state index contributed by atoms with van der Waals surface area (Å²) in [7, 11) is 0. The lowest BCUT2D eigenvalue weighted by Crippen LogP contribution is -2.48. The lowest BCUT2D eigenvalue weighted by Gasteiger charge is -2.17. The summed E-state index contributed by atoms with van der Waals surface area (Å²) in [6, 6.07) is 11.2. The van der Waals surface area contributed by atoms with Gasteiger partial charge in [-0.25, -0.2) is 0 Å². The Morgan fingerprint density at radius 3 is 2.41 bits per heavy atom. The first kappa shape index (κ1) is 20.3. The molecule has 27 heavy (non-hydrogen) atoms. The van der Waals surface area contributed by atoms with E-state index in [1.165, 1.54) is 0 Å². The molecule has 0 aromatic heterocycles. The van der Waals surface area contributed by atoms with Crippen molar-refractivity contribution in [1.82, 2.24) is 10.9 Å². The molecule has 0 spiro atoms. The Morgan fingerprint density at radius 2 is 1.70 bits per heavy atom. The topological polar surface area (TPSA) is 76.7 Å². The SMILES string of the molecule is Cc1ccc(OCC(=O)NNC(=O)[C@H](C)Oc2cccc(C)c2C)cc1C. The van der Waals surface area contributed by atoms with E-state index >= 15 is 0 Å². The average Bonchev–Trinajstić information content (AvgIpc) is 2.64. The lowest BCUT2D eigenvalue weighted by atomic mass is 10.1. The molecular weight excluding hydrogens is 344 g/mol. The Bertz CT molecular complexity index is 833. The van der Waals surface area contributed by atoms with Gasteiger partial charge < -0.3 is 9.47 Å². The molecule has 6 heteroatoms. The first-order valence-corrected chi connectivity index (χ1v) is 8.79. The fourth-order valence-corrected chi connectivity index (χ4v) is 2.32. The van der Waals surface area contributed by atoms with Crippen molar-refractivity contribution in [2.75, 3.05) is 6.61 Å². The van der Waals surface area contributed by atoms with Crippen LogP contribution < -0.4 is 20.3 Å². The zero-order chi connectivity index (χ0) is 20.0. The van der Waals surface area contributed by atoms with Crippen molar-refractivity contribution in [3.8, 4) is 11.5 Å². The van der Waals surface area contributed by atoms with Crippen LogP contribution in [-0.4, -0.2) is 24.5 Å². The predicted octanol–water partition coefficient (Wildman–Crippen LogP) is 2.91. The molecule has 0 radical (unpaired) electrons. The second-order valence-electron chi connectivity index (χ2n) is 6.53. The predicted molar refractivity (Wildman–Crippen MR) is 104 cm³/mol. The quantitative estimate of drug-likeness (QED) is 0.767. The number of hydrogen-bond acceptors (Lipinski definition) is 4. The van der Waals surface area contributed by atoms with Gasteiger partial charge in [-0.15, -0.1) is 0 Å². The highest BCUT2D eigenvalue weighted by Gasteiger charge is 2.17. The minimum absolute atomic E-state index is 0.199. The third kappa shape index (κ3) is 5.74. The summed E-state index contributed by atoms with van der Waals surface area (Å²) in [5, 5.41) is 0. The molecule has 1 atom stereocenters. The van der Waals surface area contributed by atoms with Crippen LogP contribution in [0.4, 0.5) is 0 Å². The van der Waals surface area contributed by atoms with Gasteiger partial charge >= 0.3 is 0 Å². The summed E-state index contributed by atoms with van der Waals surface area (Å²) in [6.45, 7) is 9.30. The molecule has 2 N–H and O–H groups in total. The van der Waals surface area contributed by atoms with E-state index in [2.05, 4.69) is 10.9 Å². The highest BCUT2D eigenvalue weighted by molar-refractivity contribution is 5.85. The van der Waals surface area contributed by atoms with Crippen LogP contribution in [-0.2, 0) is 9.59 Å². The van der Waals surface area contributed by atoms with Crippen LogP contribution in [0.15, 0.2) is 36.4 Å². The summed E-state index contributed by atoms with van der Waals surface area (Å²) < 4.78 is 11.1. The molecular formula is C21H26N2O4. The maximum absolute atomic E-state index is 12.1. The molecule has 0 bridgehead atoms. The number of rotatable bonds is 6. The Labute approximate surface area is 159 Å². The van der Waals surface area contributed by atoms with Crippen molar-refractivity contribution in [3.63, 3.8) is 0 Å². The fourth-order valence-electron chi connectivity index (χ4n) is 2.32. The zero-order valence-electron chi connectivity index (χ0n) is 16.4. The summed E-state index contributed by atoms with van der Waals surface area (Å²) in [5.74, 6) is 0.337. The van der Waals surface area contributed by atoms with Gasteiger partial charge in [-0.2, -0.15) is 0 Å². The van der Waals surface area contributed by atoms with E-state index in [0.717, 1.165) is 22.3 Å². The molecule has 0 aliphatic rings. The number of aryl methyl sites for hydroxylation is 3. The maximum Gasteiger partial charge on any atom is 0.279 e. The molecule has 0 unspecified atom stereocenters. The second-order valence-corrected chi connectivity index (χ2v) is 6.53. The monoisotopic (exact) mass is 370 g/mol. The van der Waals surface area contributed by atoms with Crippen LogP contribution in [0.3, 0.4) is 0 Å². The van der Waals surface area contributed by atoms with E-state index in [1.807, 2.05) is 58.0 Å². The van der Waals surface area contributed by atoms with E-state index in [-0.39, 0.29) is 6.61 Å². The van der Waals surface area contributed by atoms with Gasteiger partial charge in [-0.3, -0.25) is 20.4 Å². The van der Waals surface area contributed by atoms with Gasteiger partial charge in [0.05, 0.1) is 0 Å². The minimum Gasteiger partial charge on any atom is -0.484 e. The van der Waals surface area contributed by atoms with Crippen molar-refractivity contribution in [1.29, 1.82) is 0 Å². The highest BCUT2D eigenvalue weighted by Crippen LogP contribution is 2.21. The summed E-state index contributed by atoms with van der Waals surface area (Å²) in [6.07, 6.45) is -0.758. The molecule has 0 saturated carbocycles. The van der Waals surface area contributed by atoms with Gasteiger partial charge in [0.2, 0.25) is 0 Å². The van der Waals surface area contributed by atoms with Crippen LogP contribution in [0.25, 0.3) is 0 Å². The summed E-state index contributed by atoms with van der Waals surface area (Å²) >= 11 is 0. The van der Waals surface area contributed by atoms with Crippen LogP contribution in [0.5, 0.6) is 11.5 Å². The molecule has 6 nitrogen and oxygen atoms in total. The van der Waals surface area contributed by atoms with Gasteiger partial charge in [-0.1, -0.05) is 18.2 Å². The minimum atomic E-state index is -0.758. The van der Waals surface area contributed by atoms with Gasteiger partial charge in [0.25, 0.3) is 11.8 Å². The molecule has 0 aliphatic heterocycles. The molecule has 0 heterocycles. The van der Waals surface area contributed by atoms with Crippen LogP contribution in [0.1, 0.15) is 29.2 Å². The molecule has 2 rings (SSSR count). The third-order valence-electron chi connectivity index (χ3n) is 4.40. The number of hydrazine groups is 1. The number of hydrogen-bond donors (Lipinski definition) is 2. The second kappa shape index (κ2) is 9.07. The van der Waals surface area contributed by atoms with Crippen LogP contribution >= 0.6 is 0 Å². The van der Waals surface area contributed by atoms with E-state index in [1.54, 1.807) is 13.0 Å². The molecule has 0 aliphatic carbocycles. The molecule has 0 saturated heterocycles. The highest BCUT2D eigenvalue weighted by atomic mass is 16.5. The molecule has 2 aromatic rings. The van der Waals surface area contributed by atoms with E-state index in [0.29, 0.717) is 11.5 Å². The summed E-state index contributed by atoms with van der Waals surface area (Å²) in [5.41, 5.74) is 8.97. The number of carbonyl (C=O) groups excluding carboxylic acids is 2. The Morgan fingerprint density at radius 1 is 0.963 bits per heavy atom. The average molecular weight is 370 g/mol. The van der Waals surface area contributed by atoms with Crippen LogP contribution in [0.2, 0.25) is 0 Å². The standard InChI is InChI=1S/C21H26N2O4/c1-13-9-10-18(11-15(13)3)26-12-20(24)22-23-21(25)17(5)27-19-8-6-7-14(2)16(19)4/h6-11,17H,12H2,1-5H3,(H,22,24)(H,23,25)/t17-/m0/s1. The molecule has 2 aromatic carbocycles. The zero-order valence-corrected chi connectivity index (χ0v) is 16.4. The van der Waals surface area contributed by atoms with Gasteiger partial charge in [-0.05, 0) is 75.1 Å². The first-order chi connectivity index (χ1) is 12.8. The maximum atomic E-state index is 12.1. The number of ether oxygens (including phenoxy) is 2. The summed E-state index contributed by atoms with van der Waals surface area (Å²) in [4.78, 5) is 24.0. The Balaban J connectivity index is 1.79. The molecule has 144 valence electrons. The lowest BCUT2D eigenvalue weighted by molar-refractivity contribution is -0.133. The van der Waals surface area contributed by atoms with Crippen molar-refractivity contribution < 1.29 is 19.1 Å². The number of nitrogens with one attached hydrogen (secondary N) is 2. The fraction of sp³-hybridized carbons (Fsp3) is 0.333. The first-order valence-electron chi connectivity index (χ1n) is 8.79. The van der Waals surface area contributed by atoms with Crippen LogP contribution in [0, 0.1) is 27.7 Å². The van der Waals surface area contributed by atoms with Gasteiger partial charge in [0.1, 0.15) is 11.5 Å². The number of carbonyl (C=O) groups is 2. The van der Waals surface area contributed by atoms with Crippen molar-refractivity contribution in [3.05, 3.63) is 58.7 Å². The van der Waals surface area contributed by atoms with Gasteiger partial charge in [0, 0.05) is 0 Å². The van der Waals surface area contributed by atoms with E-state index in [9.17, 15) is 9.59 Å². The van der Waals surface area contributed by atoms with Crippen molar-refractivity contribution >= 4 is 11.8 Å². The van der Waals surface area contributed by atoms with E-state index in [4.69, 9.17) is 9.47 Å². The van der Waals surface area contributed by atoms with Gasteiger partial charge in [0.15, 0.2) is 12.7 Å². The van der Waals surface area contributed by atoms with Crippen molar-refractivity contribution in [2.45, 2.75) is 40.7 Å². The molecule has 0 fully saturated rings. The van der Waals surface area contributed by atoms with E-state index < -0.39 is 17.9 Å². The smallest absolute Gasteiger partial charge is 0.279 e. The molecule has 2 amide bonds. The Hall–Kier alpha value is -3.02. The Kier molecular flexibility index (Phi) is 6.82. The largest absolute Gasteiger partial charge is 0.484 e.